The Bertz CT molecular complexity index is 447. The number of aliphatic hydroxyl groups is 1. The lowest BCUT2D eigenvalue weighted by atomic mass is 10.3. The summed E-state index contributed by atoms with van der Waals surface area (Å²) in [6.45, 7) is 0. The zero-order valence-corrected chi connectivity index (χ0v) is 10.7. The van der Waals surface area contributed by atoms with Crippen molar-refractivity contribution in [2.24, 2.45) is 0 Å². The molecular formula is C11H10ClNOS2. The third-order valence-corrected chi connectivity index (χ3v) is 4.22. The smallest absolute Gasteiger partial charge is 0.106 e. The van der Waals surface area contributed by atoms with E-state index in [2.05, 4.69) is 4.98 Å². The molecule has 2 aromatic rings. The van der Waals surface area contributed by atoms with Gasteiger partial charge in [0, 0.05) is 16.0 Å². The molecule has 1 unspecified atom stereocenters. The molecule has 0 saturated heterocycles. The van der Waals surface area contributed by atoms with Crippen LogP contribution in [0.4, 0.5) is 0 Å². The summed E-state index contributed by atoms with van der Waals surface area (Å²) >= 11 is 9.04. The van der Waals surface area contributed by atoms with Crippen molar-refractivity contribution in [2.45, 2.75) is 11.0 Å². The number of benzene rings is 1. The lowest BCUT2D eigenvalue weighted by Crippen LogP contribution is -2.00. The second kappa shape index (κ2) is 5.68. The summed E-state index contributed by atoms with van der Waals surface area (Å²) < 4.78 is 0. The predicted molar refractivity (Wildman–Crippen MR) is 69.2 cm³/mol. The summed E-state index contributed by atoms with van der Waals surface area (Å²) in [6.07, 6.45) is -0.535. The highest BCUT2D eigenvalue weighted by molar-refractivity contribution is 7.99. The van der Waals surface area contributed by atoms with Crippen LogP contribution in [0.5, 0.6) is 0 Å². The van der Waals surface area contributed by atoms with Gasteiger partial charge in [0.15, 0.2) is 0 Å². The summed E-state index contributed by atoms with van der Waals surface area (Å²) in [4.78, 5) is 5.06. The van der Waals surface area contributed by atoms with Gasteiger partial charge in [-0.25, -0.2) is 4.98 Å². The van der Waals surface area contributed by atoms with Gasteiger partial charge in [-0.15, -0.1) is 23.1 Å². The minimum absolute atomic E-state index is 0.535. The van der Waals surface area contributed by atoms with E-state index in [0.29, 0.717) is 5.75 Å². The molecule has 0 saturated carbocycles. The number of thiazole rings is 1. The van der Waals surface area contributed by atoms with E-state index in [1.807, 2.05) is 29.6 Å². The van der Waals surface area contributed by atoms with Gasteiger partial charge in [0.25, 0.3) is 0 Å². The molecule has 1 aromatic heterocycles. The highest BCUT2D eigenvalue weighted by Crippen LogP contribution is 2.29. The maximum absolute atomic E-state index is 9.84. The van der Waals surface area contributed by atoms with Crippen LogP contribution in [0.15, 0.2) is 40.1 Å². The van der Waals surface area contributed by atoms with Crippen molar-refractivity contribution >= 4 is 34.7 Å². The molecule has 0 aliphatic carbocycles. The van der Waals surface area contributed by atoms with E-state index >= 15 is 0 Å². The Morgan fingerprint density at radius 2 is 2.25 bits per heavy atom. The topological polar surface area (TPSA) is 33.1 Å². The van der Waals surface area contributed by atoms with Gasteiger partial charge in [0.2, 0.25) is 0 Å². The monoisotopic (exact) mass is 271 g/mol. The Morgan fingerprint density at radius 3 is 2.94 bits per heavy atom. The summed E-state index contributed by atoms with van der Waals surface area (Å²) in [6, 6.07) is 7.62. The number of halogens is 1. The Labute approximate surface area is 107 Å². The molecule has 0 aliphatic rings. The molecule has 0 bridgehead atoms. The SMILES string of the molecule is OC(CSc1ccccc1Cl)c1cscn1. The minimum Gasteiger partial charge on any atom is -0.386 e. The van der Waals surface area contributed by atoms with E-state index in [-0.39, 0.29) is 0 Å². The number of aromatic nitrogens is 1. The Hall–Kier alpha value is -0.550. The maximum Gasteiger partial charge on any atom is 0.106 e. The fourth-order valence-corrected chi connectivity index (χ4v) is 2.99. The van der Waals surface area contributed by atoms with Gasteiger partial charge in [0.1, 0.15) is 6.10 Å². The molecular weight excluding hydrogens is 262 g/mol. The van der Waals surface area contributed by atoms with Gasteiger partial charge in [-0.3, -0.25) is 0 Å². The quantitative estimate of drug-likeness (QED) is 0.862. The van der Waals surface area contributed by atoms with E-state index < -0.39 is 6.10 Å². The summed E-state index contributed by atoms with van der Waals surface area (Å²) in [5.74, 6) is 0.563. The Kier molecular flexibility index (Phi) is 4.23. The molecule has 1 heterocycles. The molecule has 0 amide bonds. The van der Waals surface area contributed by atoms with Crippen LogP contribution >= 0.6 is 34.7 Å². The van der Waals surface area contributed by atoms with Crippen LogP contribution in [0.2, 0.25) is 5.02 Å². The average molecular weight is 272 g/mol. The zero-order valence-electron chi connectivity index (χ0n) is 8.34. The van der Waals surface area contributed by atoms with Crippen molar-refractivity contribution in [3.05, 3.63) is 45.9 Å². The highest BCUT2D eigenvalue weighted by Gasteiger charge is 2.10. The fourth-order valence-electron chi connectivity index (χ4n) is 1.20. The van der Waals surface area contributed by atoms with Crippen LogP contribution in [-0.2, 0) is 0 Å². The number of aliphatic hydroxyl groups excluding tert-OH is 1. The van der Waals surface area contributed by atoms with Crippen molar-refractivity contribution in [3.63, 3.8) is 0 Å². The second-order valence-electron chi connectivity index (χ2n) is 3.17. The van der Waals surface area contributed by atoms with Crippen LogP contribution in [0.3, 0.4) is 0 Å². The summed E-state index contributed by atoms with van der Waals surface area (Å²) in [7, 11) is 0. The Morgan fingerprint density at radius 1 is 1.44 bits per heavy atom. The third-order valence-electron chi connectivity index (χ3n) is 2.03. The zero-order chi connectivity index (χ0) is 11.4. The van der Waals surface area contributed by atoms with Crippen LogP contribution < -0.4 is 0 Å². The average Bonchev–Trinajstić information content (AvgIpc) is 2.81. The lowest BCUT2D eigenvalue weighted by molar-refractivity contribution is 0.200. The Balaban J connectivity index is 1.95. The molecule has 84 valence electrons. The van der Waals surface area contributed by atoms with E-state index in [9.17, 15) is 5.11 Å². The van der Waals surface area contributed by atoms with E-state index in [4.69, 9.17) is 11.6 Å². The van der Waals surface area contributed by atoms with Crippen molar-refractivity contribution in [1.82, 2.24) is 4.98 Å². The lowest BCUT2D eigenvalue weighted by Gasteiger charge is -2.08. The van der Waals surface area contributed by atoms with Gasteiger partial charge in [-0.05, 0) is 12.1 Å². The first kappa shape index (κ1) is 11.9. The van der Waals surface area contributed by atoms with Crippen molar-refractivity contribution < 1.29 is 5.11 Å². The fraction of sp³-hybridized carbons (Fsp3) is 0.182. The molecule has 1 atom stereocenters. The molecule has 2 nitrogen and oxygen atoms in total. The van der Waals surface area contributed by atoms with Gasteiger partial charge >= 0.3 is 0 Å². The number of thioether (sulfide) groups is 1. The highest BCUT2D eigenvalue weighted by atomic mass is 35.5. The molecule has 0 spiro atoms. The molecule has 2 rings (SSSR count). The van der Waals surface area contributed by atoms with E-state index in [1.165, 1.54) is 23.1 Å². The normalized spacial score (nSPS) is 12.6. The van der Waals surface area contributed by atoms with E-state index in [1.54, 1.807) is 5.51 Å². The minimum atomic E-state index is -0.535. The largest absolute Gasteiger partial charge is 0.386 e. The molecule has 1 aromatic carbocycles. The molecule has 1 N–H and O–H groups in total. The van der Waals surface area contributed by atoms with Crippen LogP contribution in [0.25, 0.3) is 0 Å². The first-order valence-corrected chi connectivity index (χ1v) is 7.01. The molecule has 5 heteroatoms. The van der Waals surface area contributed by atoms with Crippen LogP contribution in [0, 0.1) is 0 Å². The summed E-state index contributed by atoms with van der Waals surface area (Å²) in [5.41, 5.74) is 2.45. The van der Waals surface area contributed by atoms with Gasteiger partial charge in [-0.1, -0.05) is 23.7 Å². The number of rotatable bonds is 4. The first-order chi connectivity index (χ1) is 7.77. The van der Waals surface area contributed by atoms with Gasteiger partial charge in [-0.2, -0.15) is 0 Å². The van der Waals surface area contributed by atoms with Crippen LogP contribution in [-0.4, -0.2) is 15.8 Å². The number of hydrogen-bond donors (Lipinski definition) is 1. The van der Waals surface area contributed by atoms with E-state index in [0.717, 1.165) is 15.6 Å². The standard InChI is InChI=1S/C11H10ClNOS2/c12-8-3-1-2-4-11(8)16-6-10(14)9-5-15-7-13-9/h1-5,7,10,14H,6H2. The van der Waals surface area contributed by atoms with Crippen molar-refractivity contribution in [1.29, 1.82) is 0 Å². The first-order valence-electron chi connectivity index (χ1n) is 4.71. The summed E-state index contributed by atoms with van der Waals surface area (Å²) in [5, 5.41) is 12.4. The second-order valence-corrected chi connectivity index (χ2v) is 5.36. The van der Waals surface area contributed by atoms with Gasteiger partial charge in [0.05, 0.1) is 16.2 Å². The predicted octanol–water partition coefficient (Wildman–Crippen LogP) is 3.62. The maximum atomic E-state index is 9.84. The van der Waals surface area contributed by atoms with Crippen molar-refractivity contribution in [3.8, 4) is 0 Å². The molecule has 0 aliphatic heterocycles. The molecule has 0 fully saturated rings. The van der Waals surface area contributed by atoms with Crippen LogP contribution in [0.1, 0.15) is 11.8 Å². The van der Waals surface area contributed by atoms with Crippen molar-refractivity contribution in [2.75, 3.05) is 5.75 Å². The van der Waals surface area contributed by atoms with Gasteiger partial charge < -0.3 is 5.11 Å². The molecule has 16 heavy (non-hydrogen) atoms. The number of hydrogen-bond acceptors (Lipinski definition) is 4. The molecule has 0 radical (unpaired) electrons. The number of nitrogens with zero attached hydrogens (tertiary/aromatic N) is 1. The third kappa shape index (κ3) is 2.98.